The van der Waals surface area contributed by atoms with E-state index in [4.69, 9.17) is 0 Å². The van der Waals surface area contributed by atoms with Gasteiger partial charge < -0.3 is 10.2 Å². The van der Waals surface area contributed by atoms with E-state index in [1.807, 2.05) is 50.4 Å². The molecule has 2 aromatic carbocycles. The Morgan fingerprint density at radius 2 is 2.04 bits per heavy atom. The smallest absolute Gasteiger partial charge is 0.237 e. The number of hydrogen-bond donors (Lipinski definition) is 1. The minimum Gasteiger partial charge on any atom is -0.338 e. The predicted octanol–water partition coefficient (Wildman–Crippen LogP) is 2.99. The number of carbonyl (C=O) groups excluding carboxylic acids is 1. The second kappa shape index (κ2) is 8.43. The van der Waals surface area contributed by atoms with Crippen LogP contribution >= 0.6 is 0 Å². The number of nitrogens with one attached hydrogen (secondary N) is 1. The normalized spacial score (nSPS) is 19.1. The Morgan fingerprint density at radius 3 is 2.77 bits per heavy atom. The van der Waals surface area contributed by atoms with Crippen molar-refractivity contribution in [1.29, 1.82) is 0 Å². The molecule has 2 atom stereocenters. The second-order valence-corrected chi connectivity index (χ2v) is 6.84. The fraction of sp³-hybridized carbons (Fsp3) is 0.381. The first-order valence-electron chi connectivity index (χ1n) is 9.07. The Balaban J connectivity index is 1.70. The van der Waals surface area contributed by atoms with Gasteiger partial charge in [-0.15, -0.1) is 0 Å². The third-order valence-electron chi connectivity index (χ3n) is 5.18. The van der Waals surface area contributed by atoms with E-state index < -0.39 is 0 Å². The van der Waals surface area contributed by atoms with E-state index in [-0.39, 0.29) is 23.8 Å². The molecule has 4 nitrogen and oxygen atoms in total. The lowest BCUT2D eigenvalue weighted by atomic mass is 10.0. The van der Waals surface area contributed by atoms with Gasteiger partial charge in [0.1, 0.15) is 5.82 Å². The molecule has 1 aliphatic rings. The summed E-state index contributed by atoms with van der Waals surface area (Å²) >= 11 is 0. The molecule has 1 amide bonds. The van der Waals surface area contributed by atoms with Crippen molar-refractivity contribution in [3.8, 4) is 0 Å². The summed E-state index contributed by atoms with van der Waals surface area (Å²) in [5, 5.41) is 3.34. The summed E-state index contributed by atoms with van der Waals surface area (Å²) in [6.45, 7) is 4.68. The summed E-state index contributed by atoms with van der Waals surface area (Å²) in [5.74, 6) is -0.168. The van der Waals surface area contributed by atoms with E-state index in [0.29, 0.717) is 13.1 Å². The summed E-state index contributed by atoms with van der Waals surface area (Å²) in [6, 6.07) is 16.7. The zero-order chi connectivity index (χ0) is 18.5. The van der Waals surface area contributed by atoms with Gasteiger partial charge in [-0.1, -0.05) is 42.5 Å². The minimum atomic E-state index is -0.242. The zero-order valence-electron chi connectivity index (χ0n) is 15.4. The standard InChI is InChI=1S/C21H26FN3O/c1-16(17-7-4-3-5-8-17)24(2)21(26)15-25-12-11-23-14-20(25)18-9-6-10-19(22)13-18/h3-10,13,16,20,23H,11-12,14-15H2,1-2H3. The number of likely N-dealkylation sites (N-methyl/N-ethyl adjacent to an activating group) is 1. The van der Waals surface area contributed by atoms with Crippen LogP contribution in [-0.2, 0) is 4.79 Å². The Morgan fingerprint density at radius 1 is 1.27 bits per heavy atom. The molecular formula is C21H26FN3O. The van der Waals surface area contributed by atoms with Crippen LogP contribution in [-0.4, -0.2) is 48.9 Å². The number of halogens is 1. The van der Waals surface area contributed by atoms with Crippen LogP contribution in [0, 0.1) is 5.82 Å². The lowest BCUT2D eigenvalue weighted by molar-refractivity contribution is -0.133. The molecule has 1 N–H and O–H groups in total. The van der Waals surface area contributed by atoms with Gasteiger partial charge in [0.15, 0.2) is 0 Å². The highest BCUT2D eigenvalue weighted by atomic mass is 19.1. The number of hydrogen-bond acceptors (Lipinski definition) is 3. The lowest BCUT2D eigenvalue weighted by Gasteiger charge is -2.37. The highest BCUT2D eigenvalue weighted by Gasteiger charge is 2.28. The number of nitrogens with zero attached hydrogens (tertiary/aromatic N) is 2. The van der Waals surface area contributed by atoms with E-state index in [2.05, 4.69) is 10.2 Å². The molecule has 0 aromatic heterocycles. The van der Waals surface area contributed by atoms with Crippen LogP contribution in [0.4, 0.5) is 4.39 Å². The largest absolute Gasteiger partial charge is 0.338 e. The molecule has 0 spiro atoms. The van der Waals surface area contributed by atoms with E-state index in [1.54, 1.807) is 17.0 Å². The van der Waals surface area contributed by atoms with Crippen molar-refractivity contribution in [1.82, 2.24) is 15.1 Å². The van der Waals surface area contributed by atoms with Gasteiger partial charge >= 0.3 is 0 Å². The molecule has 1 fully saturated rings. The number of amides is 1. The molecule has 0 bridgehead atoms. The third-order valence-corrected chi connectivity index (χ3v) is 5.18. The van der Waals surface area contributed by atoms with Crippen LogP contribution in [0.3, 0.4) is 0 Å². The van der Waals surface area contributed by atoms with E-state index in [9.17, 15) is 9.18 Å². The monoisotopic (exact) mass is 355 g/mol. The average molecular weight is 355 g/mol. The van der Waals surface area contributed by atoms with Gasteiger partial charge in [0.2, 0.25) is 5.91 Å². The molecule has 1 saturated heterocycles. The predicted molar refractivity (Wildman–Crippen MR) is 101 cm³/mol. The Kier molecular flexibility index (Phi) is 6.01. The van der Waals surface area contributed by atoms with Gasteiger partial charge in [-0.2, -0.15) is 0 Å². The summed E-state index contributed by atoms with van der Waals surface area (Å²) in [5.41, 5.74) is 2.02. The summed E-state index contributed by atoms with van der Waals surface area (Å²) in [7, 11) is 1.85. The van der Waals surface area contributed by atoms with Crippen molar-refractivity contribution in [2.45, 2.75) is 19.0 Å². The third kappa shape index (κ3) is 4.29. The molecular weight excluding hydrogens is 329 g/mol. The molecule has 0 radical (unpaired) electrons. The highest BCUT2D eigenvalue weighted by molar-refractivity contribution is 5.78. The van der Waals surface area contributed by atoms with Crippen molar-refractivity contribution < 1.29 is 9.18 Å². The molecule has 138 valence electrons. The van der Waals surface area contributed by atoms with Gasteiger partial charge in [-0.05, 0) is 30.2 Å². The van der Waals surface area contributed by atoms with Crippen LogP contribution in [0.25, 0.3) is 0 Å². The van der Waals surface area contributed by atoms with E-state index >= 15 is 0 Å². The maximum absolute atomic E-state index is 13.6. The summed E-state index contributed by atoms with van der Waals surface area (Å²) in [6.07, 6.45) is 0. The SMILES string of the molecule is CC(c1ccccc1)N(C)C(=O)CN1CCNCC1c1cccc(F)c1. The Bertz CT molecular complexity index is 737. The van der Waals surface area contributed by atoms with Gasteiger partial charge in [-0.3, -0.25) is 9.69 Å². The number of benzene rings is 2. The molecule has 5 heteroatoms. The number of carbonyl (C=O) groups is 1. The van der Waals surface area contributed by atoms with Crippen LogP contribution in [0.1, 0.15) is 30.1 Å². The average Bonchev–Trinajstić information content (AvgIpc) is 2.68. The maximum atomic E-state index is 13.6. The topological polar surface area (TPSA) is 35.6 Å². The minimum absolute atomic E-state index is 0.00355. The first-order chi connectivity index (χ1) is 12.6. The van der Waals surface area contributed by atoms with Crippen molar-refractivity contribution in [2.24, 2.45) is 0 Å². The number of rotatable bonds is 5. The first-order valence-corrected chi connectivity index (χ1v) is 9.07. The van der Waals surface area contributed by atoms with Crippen molar-refractivity contribution in [3.63, 3.8) is 0 Å². The van der Waals surface area contributed by atoms with E-state index in [1.165, 1.54) is 6.07 Å². The summed E-state index contributed by atoms with van der Waals surface area (Å²) in [4.78, 5) is 16.8. The molecule has 1 aliphatic heterocycles. The van der Waals surface area contributed by atoms with E-state index in [0.717, 1.165) is 24.2 Å². The van der Waals surface area contributed by atoms with Gasteiger partial charge in [0.25, 0.3) is 0 Å². The molecule has 2 aromatic rings. The Hall–Kier alpha value is -2.24. The number of piperazine rings is 1. The van der Waals surface area contributed by atoms with Crippen LogP contribution in [0.5, 0.6) is 0 Å². The highest BCUT2D eigenvalue weighted by Crippen LogP contribution is 2.24. The second-order valence-electron chi connectivity index (χ2n) is 6.84. The first kappa shape index (κ1) is 18.5. The maximum Gasteiger partial charge on any atom is 0.237 e. The molecule has 0 aliphatic carbocycles. The lowest BCUT2D eigenvalue weighted by Crippen LogP contribution is -2.50. The van der Waals surface area contributed by atoms with Crippen molar-refractivity contribution in [3.05, 3.63) is 71.5 Å². The van der Waals surface area contributed by atoms with Crippen molar-refractivity contribution in [2.75, 3.05) is 33.2 Å². The quantitative estimate of drug-likeness (QED) is 0.896. The van der Waals surface area contributed by atoms with Crippen molar-refractivity contribution >= 4 is 5.91 Å². The Labute approximate surface area is 154 Å². The molecule has 26 heavy (non-hydrogen) atoms. The zero-order valence-corrected chi connectivity index (χ0v) is 15.4. The van der Waals surface area contributed by atoms with Crippen LogP contribution in [0.15, 0.2) is 54.6 Å². The van der Waals surface area contributed by atoms with Gasteiger partial charge in [0.05, 0.1) is 12.6 Å². The van der Waals surface area contributed by atoms with Gasteiger partial charge in [-0.25, -0.2) is 4.39 Å². The summed E-state index contributed by atoms with van der Waals surface area (Å²) < 4.78 is 13.6. The molecule has 2 unspecified atom stereocenters. The van der Waals surface area contributed by atoms with Gasteiger partial charge in [0, 0.05) is 32.7 Å². The molecule has 3 rings (SSSR count). The van der Waals surface area contributed by atoms with Crippen LogP contribution < -0.4 is 5.32 Å². The molecule has 0 saturated carbocycles. The fourth-order valence-electron chi connectivity index (χ4n) is 3.43. The van der Waals surface area contributed by atoms with Crippen LogP contribution in [0.2, 0.25) is 0 Å². The fourth-order valence-corrected chi connectivity index (χ4v) is 3.43. The molecule has 1 heterocycles.